The predicted octanol–water partition coefficient (Wildman–Crippen LogP) is 2.70. The zero-order chi connectivity index (χ0) is 16.9. The number of nitrogens with zero attached hydrogens (tertiary/aromatic N) is 1. The van der Waals surface area contributed by atoms with E-state index < -0.39 is 0 Å². The second kappa shape index (κ2) is 7.44. The molecular formula is C17H18FN3O2S. The zero-order valence-electron chi connectivity index (χ0n) is 13.0. The summed E-state index contributed by atoms with van der Waals surface area (Å²) in [7, 11) is 0. The van der Waals surface area contributed by atoms with E-state index in [0.29, 0.717) is 18.8 Å². The first-order valence-corrected chi connectivity index (χ1v) is 8.63. The molecule has 2 N–H and O–H groups in total. The van der Waals surface area contributed by atoms with Gasteiger partial charge in [0, 0.05) is 30.8 Å². The van der Waals surface area contributed by atoms with Crippen LogP contribution in [0.1, 0.15) is 23.3 Å². The molecule has 0 saturated carbocycles. The van der Waals surface area contributed by atoms with E-state index in [1.165, 1.54) is 34.7 Å². The van der Waals surface area contributed by atoms with Gasteiger partial charge in [0.25, 0.3) is 0 Å². The highest BCUT2D eigenvalue weighted by atomic mass is 32.1. The van der Waals surface area contributed by atoms with E-state index in [2.05, 4.69) is 16.9 Å². The Balaban J connectivity index is 1.41. The van der Waals surface area contributed by atoms with E-state index in [1.54, 1.807) is 16.2 Å². The molecule has 7 heteroatoms. The number of carbonyl (C=O) groups excluding carboxylic acids is 2. The van der Waals surface area contributed by atoms with Crippen molar-refractivity contribution in [2.45, 2.75) is 25.8 Å². The fourth-order valence-corrected chi connectivity index (χ4v) is 3.47. The lowest BCUT2D eigenvalue weighted by molar-refractivity contribution is -0.134. The minimum absolute atomic E-state index is 0.0104. The van der Waals surface area contributed by atoms with Gasteiger partial charge >= 0.3 is 0 Å². The van der Waals surface area contributed by atoms with E-state index in [1.807, 2.05) is 5.38 Å². The van der Waals surface area contributed by atoms with Gasteiger partial charge in [-0.05, 0) is 47.7 Å². The normalized spacial score (nSPS) is 13.3. The monoisotopic (exact) mass is 347 g/mol. The summed E-state index contributed by atoms with van der Waals surface area (Å²) < 4.78 is 12.8. The van der Waals surface area contributed by atoms with Gasteiger partial charge in [-0.15, -0.1) is 11.3 Å². The summed E-state index contributed by atoms with van der Waals surface area (Å²) in [5.41, 5.74) is 6.99. The maximum atomic E-state index is 12.8. The van der Waals surface area contributed by atoms with Crippen LogP contribution in [0.2, 0.25) is 0 Å². The average Bonchev–Trinajstić information content (AvgIpc) is 3.06. The van der Waals surface area contributed by atoms with Crippen molar-refractivity contribution in [2.75, 3.05) is 12.0 Å². The van der Waals surface area contributed by atoms with Crippen molar-refractivity contribution in [3.63, 3.8) is 0 Å². The Morgan fingerprint density at radius 2 is 1.96 bits per heavy atom. The van der Waals surface area contributed by atoms with Gasteiger partial charge in [0.05, 0.1) is 5.69 Å². The molecule has 0 aliphatic carbocycles. The van der Waals surface area contributed by atoms with Crippen LogP contribution in [0, 0.1) is 5.82 Å². The summed E-state index contributed by atoms with van der Waals surface area (Å²) in [4.78, 5) is 27.2. The highest BCUT2D eigenvalue weighted by Crippen LogP contribution is 2.24. The number of hydrazine groups is 1. The molecular weight excluding hydrogens is 329 g/mol. The fraction of sp³-hybridized carbons (Fsp3) is 0.294. The lowest BCUT2D eigenvalue weighted by Gasteiger charge is -2.27. The molecule has 0 atom stereocenters. The first-order chi connectivity index (χ1) is 11.6. The number of hydrogen-bond donors (Lipinski definition) is 2. The van der Waals surface area contributed by atoms with Crippen LogP contribution in [0.5, 0.6) is 0 Å². The van der Waals surface area contributed by atoms with E-state index in [9.17, 15) is 14.0 Å². The number of benzene rings is 1. The van der Waals surface area contributed by atoms with Gasteiger partial charge in [-0.2, -0.15) is 0 Å². The SMILES string of the molecule is O=C(CCC(=O)N1CCc2sccc2C1)NNc1ccc(F)cc1. The van der Waals surface area contributed by atoms with Crippen molar-refractivity contribution in [1.82, 2.24) is 10.3 Å². The number of amides is 2. The molecule has 0 radical (unpaired) electrons. The number of nitrogens with one attached hydrogen (secondary N) is 2. The van der Waals surface area contributed by atoms with Gasteiger partial charge in [-0.25, -0.2) is 4.39 Å². The number of hydrogen-bond acceptors (Lipinski definition) is 4. The number of rotatable bonds is 5. The molecule has 2 amide bonds. The molecule has 0 fully saturated rings. The van der Waals surface area contributed by atoms with Crippen LogP contribution in [0.25, 0.3) is 0 Å². The third kappa shape index (κ3) is 4.11. The maximum absolute atomic E-state index is 12.8. The van der Waals surface area contributed by atoms with Gasteiger partial charge < -0.3 is 4.90 Å². The molecule has 0 spiro atoms. The molecule has 24 heavy (non-hydrogen) atoms. The smallest absolute Gasteiger partial charge is 0.238 e. The largest absolute Gasteiger partial charge is 0.338 e. The number of anilines is 1. The Labute approximate surface area is 143 Å². The highest BCUT2D eigenvalue weighted by Gasteiger charge is 2.21. The van der Waals surface area contributed by atoms with E-state index in [0.717, 1.165) is 6.42 Å². The summed E-state index contributed by atoms with van der Waals surface area (Å²) in [6.07, 6.45) is 1.17. The summed E-state index contributed by atoms with van der Waals surface area (Å²) >= 11 is 1.73. The van der Waals surface area contributed by atoms with Gasteiger partial charge in [0.1, 0.15) is 5.82 Å². The Hall–Kier alpha value is -2.41. The Bertz CT molecular complexity index is 730. The van der Waals surface area contributed by atoms with Crippen LogP contribution in [0.3, 0.4) is 0 Å². The first-order valence-electron chi connectivity index (χ1n) is 7.75. The summed E-state index contributed by atoms with van der Waals surface area (Å²) in [6, 6.07) is 7.69. The fourth-order valence-electron chi connectivity index (χ4n) is 2.58. The molecule has 1 aromatic carbocycles. The molecule has 3 rings (SSSR count). The lowest BCUT2D eigenvalue weighted by atomic mass is 10.1. The van der Waals surface area contributed by atoms with Crippen LogP contribution < -0.4 is 10.9 Å². The van der Waals surface area contributed by atoms with Crippen molar-refractivity contribution in [1.29, 1.82) is 0 Å². The summed E-state index contributed by atoms with van der Waals surface area (Å²) in [6.45, 7) is 1.34. The van der Waals surface area contributed by atoms with E-state index in [-0.39, 0.29) is 30.5 Å². The third-order valence-electron chi connectivity index (χ3n) is 3.92. The van der Waals surface area contributed by atoms with Crippen molar-refractivity contribution in [3.8, 4) is 0 Å². The number of thiophene rings is 1. The second-order valence-electron chi connectivity index (χ2n) is 5.61. The first kappa shape index (κ1) is 16.4. The van der Waals surface area contributed by atoms with Crippen molar-refractivity contribution in [2.24, 2.45) is 0 Å². The maximum Gasteiger partial charge on any atom is 0.238 e. The van der Waals surface area contributed by atoms with Gasteiger partial charge in [0.2, 0.25) is 11.8 Å². The van der Waals surface area contributed by atoms with Gasteiger partial charge in [-0.3, -0.25) is 20.4 Å². The van der Waals surface area contributed by atoms with Crippen molar-refractivity contribution < 1.29 is 14.0 Å². The summed E-state index contributed by atoms with van der Waals surface area (Å²) in [5.74, 6) is -0.627. The van der Waals surface area contributed by atoms with E-state index in [4.69, 9.17) is 0 Å². The molecule has 2 aromatic rings. The molecule has 2 heterocycles. The van der Waals surface area contributed by atoms with Crippen LogP contribution in [-0.2, 0) is 22.6 Å². The molecule has 0 bridgehead atoms. The predicted molar refractivity (Wildman–Crippen MR) is 90.8 cm³/mol. The molecule has 0 unspecified atom stereocenters. The third-order valence-corrected chi connectivity index (χ3v) is 4.94. The molecule has 0 saturated heterocycles. The minimum atomic E-state index is -0.340. The molecule has 1 aliphatic heterocycles. The standard InChI is InChI=1S/C17H18FN3O2S/c18-13-1-3-14(4-2-13)19-20-16(22)5-6-17(23)21-9-7-15-12(11-21)8-10-24-15/h1-4,8,10,19H,5-7,9,11H2,(H,20,22). The van der Waals surface area contributed by atoms with Crippen LogP contribution in [0.15, 0.2) is 35.7 Å². The quantitative estimate of drug-likeness (QED) is 0.818. The average molecular weight is 347 g/mol. The second-order valence-corrected chi connectivity index (χ2v) is 6.62. The van der Waals surface area contributed by atoms with Gasteiger partial charge in [0.15, 0.2) is 0 Å². The topological polar surface area (TPSA) is 61.4 Å². The Morgan fingerprint density at radius 3 is 2.75 bits per heavy atom. The van der Waals surface area contributed by atoms with Crippen molar-refractivity contribution in [3.05, 3.63) is 52.0 Å². The molecule has 5 nitrogen and oxygen atoms in total. The zero-order valence-corrected chi connectivity index (χ0v) is 13.9. The molecule has 1 aromatic heterocycles. The Morgan fingerprint density at radius 1 is 1.17 bits per heavy atom. The number of carbonyl (C=O) groups is 2. The molecule has 126 valence electrons. The summed E-state index contributed by atoms with van der Waals surface area (Å²) in [5, 5.41) is 2.05. The van der Waals surface area contributed by atoms with E-state index >= 15 is 0 Å². The molecule has 1 aliphatic rings. The van der Waals surface area contributed by atoms with Crippen molar-refractivity contribution >= 4 is 28.8 Å². The number of halogens is 1. The van der Waals surface area contributed by atoms with Crippen LogP contribution in [0.4, 0.5) is 10.1 Å². The Kier molecular flexibility index (Phi) is 5.10. The highest BCUT2D eigenvalue weighted by molar-refractivity contribution is 7.10. The number of fused-ring (bicyclic) bond motifs is 1. The lowest BCUT2D eigenvalue weighted by Crippen LogP contribution is -2.36. The van der Waals surface area contributed by atoms with Gasteiger partial charge in [-0.1, -0.05) is 0 Å². The van der Waals surface area contributed by atoms with Crippen LogP contribution in [-0.4, -0.2) is 23.3 Å². The minimum Gasteiger partial charge on any atom is -0.338 e. The van der Waals surface area contributed by atoms with Crippen LogP contribution >= 0.6 is 11.3 Å².